The van der Waals surface area contributed by atoms with Gasteiger partial charge in [-0.15, -0.1) is 0 Å². The van der Waals surface area contributed by atoms with Crippen LogP contribution in [0, 0.1) is 12.7 Å². The molecule has 0 saturated heterocycles. The average molecular weight is 257 g/mol. The van der Waals surface area contributed by atoms with E-state index in [-0.39, 0.29) is 5.82 Å². The van der Waals surface area contributed by atoms with Crippen LogP contribution in [0.15, 0.2) is 42.5 Å². The van der Waals surface area contributed by atoms with Gasteiger partial charge < -0.3 is 10.5 Å². The zero-order chi connectivity index (χ0) is 13.5. The van der Waals surface area contributed by atoms with Gasteiger partial charge in [-0.1, -0.05) is 30.3 Å². The number of fused-ring (bicyclic) bond motifs is 1. The van der Waals surface area contributed by atoms with Crippen LogP contribution in [-0.4, -0.2) is 6.61 Å². The summed E-state index contributed by atoms with van der Waals surface area (Å²) in [7, 11) is 0. The van der Waals surface area contributed by atoms with Gasteiger partial charge in [0.25, 0.3) is 0 Å². The molecule has 1 aliphatic heterocycles. The van der Waals surface area contributed by atoms with E-state index in [1.54, 1.807) is 13.0 Å². The van der Waals surface area contributed by atoms with Crippen LogP contribution in [0.25, 0.3) is 0 Å². The summed E-state index contributed by atoms with van der Waals surface area (Å²) in [6.07, 6.45) is 0.645. The fourth-order valence-corrected chi connectivity index (χ4v) is 2.59. The Hall–Kier alpha value is -1.87. The summed E-state index contributed by atoms with van der Waals surface area (Å²) < 4.78 is 19.4. The number of hydrogen-bond donors (Lipinski definition) is 1. The SMILES string of the molecule is Cc1ccc([C@@]2(N)CCOc3ccccc32)cc1F. The van der Waals surface area contributed by atoms with Crippen molar-refractivity contribution in [3.63, 3.8) is 0 Å². The Kier molecular flexibility index (Phi) is 2.79. The predicted molar refractivity (Wildman–Crippen MR) is 72.7 cm³/mol. The molecule has 0 saturated carbocycles. The standard InChI is InChI=1S/C16H16FNO/c1-11-6-7-12(10-14(11)17)16(18)8-9-19-15-5-3-2-4-13(15)16/h2-7,10H,8-9,18H2,1H3/t16-/m0/s1. The third kappa shape index (κ3) is 1.90. The molecule has 3 heteroatoms. The zero-order valence-electron chi connectivity index (χ0n) is 10.8. The van der Waals surface area contributed by atoms with Gasteiger partial charge in [0, 0.05) is 12.0 Å². The highest BCUT2D eigenvalue weighted by atomic mass is 19.1. The van der Waals surface area contributed by atoms with Crippen LogP contribution < -0.4 is 10.5 Å². The average Bonchev–Trinajstić information content (AvgIpc) is 2.42. The number of ether oxygens (including phenoxy) is 1. The number of benzene rings is 2. The highest BCUT2D eigenvalue weighted by molar-refractivity contribution is 5.48. The zero-order valence-corrected chi connectivity index (χ0v) is 10.8. The maximum atomic E-state index is 13.8. The molecule has 0 aliphatic carbocycles. The minimum Gasteiger partial charge on any atom is -0.493 e. The van der Waals surface area contributed by atoms with E-state index in [0.29, 0.717) is 18.6 Å². The number of halogens is 1. The monoisotopic (exact) mass is 257 g/mol. The van der Waals surface area contributed by atoms with Gasteiger partial charge in [-0.25, -0.2) is 4.39 Å². The van der Waals surface area contributed by atoms with E-state index in [4.69, 9.17) is 10.5 Å². The second kappa shape index (κ2) is 4.35. The summed E-state index contributed by atoms with van der Waals surface area (Å²) in [5, 5.41) is 0. The quantitative estimate of drug-likeness (QED) is 0.852. The molecule has 2 aromatic carbocycles. The van der Waals surface area contributed by atoms with E-state index >= 15 is 0 Å². The molecule has 0 unspecified atom stereocenters. The van der Waals surface area contributed by atoms with E-state index in [2.05, 4.69) is 0 Å². The van der Waals surface area contributed by atoms with Gasteiger partial charge in [0.15, 0.2) is 0 Å². The third-order valence-corrected chi connectivity index (χ3v) is 3.81. The molecule has 98 valence electrons. The van der Waals surface area contributed by atoms with Crippen molar-refractivity contribution in [2.24, 2.45) is 5.73 Å². The van der Waals surface area contributed by atoms with Crippen molar-refractivity contribution in [2.75, 3.05) is 6.61 Å². The molecule has 2 aromatic rings. The van der Waals surface area contributed by atoms with E-state index < -0.39 is 5.54 Å². The summed E-state index contributed by atoms with van der Waals surface area (Å²) in [6.45, 7) is 2.29. The van der Waals surface area contributed by atoms with Crippen molar-refractivity contribution < 1.29 is 9.13 Å². The van der Waals surface area contributed by atoms with Crippen LogP contribution in [0.5, 0.6) is 5.75 Å². The largest absolute Gasteiger partial charge is 0.493 e. The summed E-state index contributed by atoms with van der Waals surface area (Å²) in [5.41, 5.74) is 8.24. The molecule has 19 heavy (non-hydrogen) atoms. The second-order valence-electron chi connectivity index (χ2n) is 5.03. The van der Waals surface area contributed by atoms with Crippen molar-refractivity contribution in [1.82, 2.24) is 0 Å². The summed E-state index contributed by atoms with van der Waals surface area (Å²) >= 11 is 0. The topological polar surface area (TPSA) is 35.2 Å². The summed E-state index contributed by atoms with van der Waals surface area (Å²) in [4.78, 5) is 0. The second-order valence-corrected chi connectivity index (χ2v) is 5.03. The Balaban J connectivity index is 2.16. The van der Waals surface area contributed by atoms with Crippen molar-refractivity contribution in [3.8, 4) is 5.75 Å². The van der Waals surface area contributed by atoms with Gasteiger partial charge in [-0.2, -0.15) is 0 Å². The molecule has 1 heterocycles. The third-order valence-electron chi connectivity index (χ3n) is 3.81. The normalized spacial score (nSPS) is 21.6. The van der Waals surface area contributed by atoms with Gasteiger partial charge in [0.05, 0.1) is 12.1 Å². The molecule has 2 N–H and O–H groups in total. The number of para-hydroxylation sites is 1. The van der Waals surface area contributed by atoms with Crippen LogP contribution in [0.1, 0.15) is 23.1 Å². The fraction of sp³-hybridized carbons (Fsp3) is 0.250. The van der Waals surface area contributed by atoms with Crippen LogP contribution in [-0.2, 0) is 5.54 Å². The Morgan fingerprint density at radius 3 is 2.79 bits per heavy atom. The molecule has 0 fully saturated rings. The number of hydrogen-bond acceptors (Lipinski definition) is 2. The molecule has 3 rings (SSSR count). The van der Waals surface area contributed by atoms with Crippen LogP contribution in [0.4, 0.5) is 4.39 Å². The lowest BCUT2D eigenvalue weighted by Gasteiger charge is -2.36. The Morgan fingerprint density at radius 2 is 2.00 bits per heavy atom. The lowest BCUT2D eigenvalue weighted by atomic mass is 9.79. The van der Waals surface area contributed by atoms with Crippen molar-refractivity contribution >= 4 is 0 Å². The Bertz CT molecular complexity index is 626. The molecule has 0 radical (unpaired) electrons. The number of nitrogens with two attached hydrogens (primary N) is 1. The first kappa shape index (κ1) is 12.2. The molecule has 0 bridgehead atoms. The predicted octanol–water partition coefficient (Wildman–Crippen LogP) is 3.12. The van der Waals surface area contributed by atoms with E-state index in [1.807, 2.05) is 30.3 Å². The molecular weight excluding hydrogens is 241 g/mol. The summed E-state index contributed by atoms with van der Waals surface area (Å²) in [6, 6.07) is 12.9. The highest BCUT2D eigenvalue weighted by Gasteiger charge is 2.35. The lowest BCUT2D eigenvalue weighted by molar-refractivity contribution is 0.237. The summed E-state index contributed by atoms with van der Waals surface area (Å²) in [5.74, 6) is 0.573. The van der Waals surface area contributed by atoms with E-state index in [1.165, 1.54) is 6.07 Å². The first-order valence-electron chi connectivity index (χ1n) is 6.39. The van der Waals surface area contributed by atoms with Crippen molar-refractivity contribution in [3.05, 3.63) is 65.0 Å². The van der Waals surface area contributed by atoms with Crippen LogP contribution in [0.3, 0.4) is 0 Å². The maximum Gasteiger partial charge on any atom is 0.126 e. The minimum atomic E-state index is -0.677. The molecule has 0 amide bonds. The minimum absolute atomic E-state index is 0.216. The first-order valence-corrected chi connectivity index (χ1v) is 6.39. The lowest BCUT2D eigenvalue weighted by Crippen LogP contribution is -2.42. The van der Waals surface area contributed by atoms with Crippen LogP contribution >= 0.6 is 0 Å². The number of aryl methyl sites for hydroxylation is 1. The van der Waals surface area contributed by atoms with Gasteiger partial charge in [-0.05, 0) is 30.2 Å². The highest BCUT2D eigenvalue weighted by Crippen LogP contribution is 2.39. The molecule has 1 atom stereocenters. The fourth-order valence-electron chi connectivity index (χ4n) is 2.59. The van der Waals surface area contributed by atoms with Crippen LogP contribution in [0.2, 0.25) is 0 Å². The Morgan fingerprint density at radius 1 is 1.21 bits per heavy atom. The van der Waals surface area contributed by atoms with E-state index in [9.17, 15) is 4.39 Å². The maximum absolute atomic E-state index is 13.8. The first-order chi connectivity index (χ1) is 9.11. The molecule has 2 nitrogen and oxygen atoms in total. The van der Waals surface area contributed by atoms with Crippen molar-refractivity contribution in [1.29, 1.82) is 0 Å². The molecule has 0 aromatic heterocycles. The van der Waals surface area contributed by atoms with Gasteiger partial charge in [0.1, 0.15) is 11.6 Å². The molecule has 0 spiro atoms. The van der Waals surface area contributed by atoms with Gasteiger partial charge in [0.2, 0.25) is 0 Å². The molecule has 1 aliphatic rings. The smallest absolute Gasteiger partial charge is 0.126 e. The van der Waals surface area contributed by atoms with E-state index in [0.717, 1.165) is 16.9 Å². The van der Waals surface area contributed by atoms with Gasteiger partial charge in [-0.3, -0.25) is 0 Å². The van der Waals surface area contributed by atoms with Gasteiger partial charge >= 0.3 is 0 Å². The van der Waals surface area contributed by atoms with Crippen molar-refractivity contribution in [2.45, 2.75) is 18.9 Å². The number of rotatable bonds is 1. The molecular formula is C16H16FNO. The Labute approximate surface area is 112 Å².